The molecule has 0 aliphatic heterocycles. The third-order valence-corrected chi connectivity index (χ3v) is 3.33. The van der Waals surface area contributed by atoms with Crippen molar-refractivity contribution in [1.29, 1.82) is 0 Å². The van der Waals surface area contributed by atoms with Crippen LogP contribution in [-0.4, -0.2) is 40.8 Å². The Bertz CT molecular complexity index is 944. The van der Waals surface area contributed by atoms with E-state index in [2.05, 4.69) is 10.5 Å². The molecule has 2 aromatic carbocycles. The monoisotopic (exact) mass is 390 g/mol. The van der Waals surface area contributed by atoms with E-state index in [1.807, 2.05) is 0 Å². The van der Waals surface area contributed by atoms with E-state index >= 15 is 0 Å². The topological polar surface area (TPSA) is 166 Å². The molecule has 0 saturated heterocycles. The molecule has 0 unspecified atom stereocenters. The maximum Gasteiger partial charge on any atom is 0.310 e. The molecule has 0 radical (unpaired) electrons. The summed E-state index contributed by atoms with van der Waals surface area (Å²) in [6.07, 6.45) is 0.980. The number of phenols is 1. The van der Waals surface area contributed by atoms with E-state index in [0.717, 1.165) is 18.3 Å². The number of phenolic OH excluding ortho intramolecular Hbond substituents is 1. The van der Waals surface area contributed by atoms with Crippen LogP contribution in [0, 0.1) is 20.2 Å². The van der Waals surface area contributed by atoms with Crippen molar-refractivity contribution in [2.45, 2.75) is 0 Å². The van der Waals surface area contributed by atoms with Gasteiger partial charge in [0.15, 0.2) is 23.9 Å². The zero-order valence-corrected chi connectivity index (χ0v) is 14.4. The van der Waals surface area contributed by atoms with Crippen LogP contribution in [0.5, 0.6) is 17.2 Å². The maximum atomic E-state index is 11.8. The highest BCUT2D eigenvalue weighted by molar-refractivity contribution is 5.87. The molecule has 0 fully saturated rings. The number of nitrogens with one attached hydrogen (secondary N) is 1. The van der Waals surface area contributed by atoms with Gasteiger partial charge in [-0.2, -0.15) is 5.10 Å². The summed E-state index contributed by atoms with van der Waals surface area (Å²) >= 11 is 0. The van der Waals surface area contributed by atoms with Crippen molar-refractivity contribution in [2.75, 3.05) is 13.7 Å². The number of hydrogen-bond donors (Lipinski definition) is 2. The minimum Gasteiger partial charge on any atom is -0.504 e. The molecular formula is C16H14N4O8. The lowest BCUT2D eigenvalue weighted by Gasteiger charge is -2.06. The van der Waals surface area contributed by atoms with E-state index in [1.54, 1.807) is 0 Å². The van der Waals surface area contributed by atoms with Gasteiger partial charge < -0.3 is 14.6 Å². The second kappa shape index (κ2) is 8.93. The summed E-state index contributed by atoms with van der Waals surface area (Å²) in [6, 6.07) is 7.60. The minimum absolute atomic E-state index is 0.0639. The highest BCUT2D eigenvalue weighted by atomic mass is 16.6. The third kappa shape index (κ3) is 4.91. The Hall–Kier alpha value is -4.22. The van der Waals surface area contributed by atoms with Crippen molar-refractivity contribution >= 4 is 23.5 Å². The van der Waals surface area contributed by atoms with Gasteiger partial charge in [0.25, 0.3) is 11.6 Å². The highest BCUT2D eigenvalue weighted by Crippen LogP contribution is 2.33. The van der Waals surface area contributed by atoms with Crippen LogP contribution in [0.25, 0.3) is 0 Å². The van der Waals surface area contributed by atoms with E-state index in [4.69, 9.17) is 9.47 Å². The highest BCUT2D eigenvalue weighted by Gasteiger charge is 2.16. The van der Waals surface area contributed by atoms with Crippen LogP contribution in [0.2, 0.25) is 0 Å². The lowest BCUT2D eigenvalue weighted by molar-refractivity contribution is -0.385. The summed E-state index contributed by atoms with van der Waals surface area (Å²) in [5.74, 6) is -1.37. The lowest BCUT2D eigenvalue weighted by Crippen LogP contribution is -2.24. The van der Waals surface area contributed by atoms with E-state index in [1.165, 1.54) is 31.4 Å². The summed E-state index contributed by atoms with van der Waals surface area (Å²) in [5.41, 5.74) is 1.37. The maximum absolute atomic E-state index is 11.8. The number of carbonyl (C=O) groups is 1. The zero-order chi connectivity index (χ0) is 20.7. The Labute approximate surface area is 157 Å². The minimum atomic E-state index is -0.744. The van der Waals surface area contributed by atoms with Gasteiger partial charge in [0.2, 0.25) is 0 Å². The number of nitro groups is 2. The van der Waals surface area contributed by atoms with Crippen LogP contribution in [0.15, 0.2) is 41.5 Å². The van der Waals surface area contributed by atoms with Crippen LogP contribution >= 0.6 is 0 Å². The average molecular weight is 390 g/mol. The first-order chi connectivity index (χ1) is 13.3. The molecule has 0 atom stereocenters. The lowest BCUT2D eigenvalue weighted by atomic mass is 10.2. The van der Waals surface area contributed by atoms with E-state index in [9.17, 15) is 30.1 Å². The molecule has 12 nitrogen and oxygen atoms in total. The third-order valence-electron chi connectivity index (χ3n) is 3.33. The Morgan fingerprint density at radius 2 is 1.93 bits per heavy atom. The molecule has 0 bridgehead atoms. The molecule has 2 N–H and O–H groups in total. The Kier molecular flexibility index (Phi) is 6.41. The number of hydrazone groups is 1. The fourth-order valence-electron chi connectivity index (χ4n) is 2.05. The van der Waals surface area contributed by atoms with Crippen molar-refractivity contribution < 1.29 is 29.2 Å². The Balaban J connectivity index is 2.03. The first-order valence-electron chi connectivity index (χ1n) is 7.57. The molecular weight excluding hydrogens is 376 g/mol. The predicted octanol–water partition coefficient (Wildman–Crippen LogP) is 1.75. The molecule has 0 heterocycles. The fourth-order valence-corrected chi connectivity index (χ4v) is 2.05. The number of methoxy groups -OCH3 is 1. The van der Waals surface area contributed by atoms with Gasteiger partial charge in [0.05, 0.1) is 29.2 Å². The molecule has 0 spiro atoms. The number of hydrogen-bond acceptors (Lipinski definition) is 9. The van der Waals surface area contributed by atoms with Crippen LogP contribution in [0.3, 0.4) is 0 Å². The number of amides is 1. The van der Waals surface area contributed by atoms with Gasteiger partial charge in [-0.3, -0.25) is 25.0 Å². The molecule has 1 amide bonds. The standard InChI is InChI=1S/C16H14N4O8/c1-27-14-7-11(19(23)24)6-10(16(14)22)8-17-18-15(21)9-28-13-5-3-2-4-12(13)20(25)26/h2-8,22H,9H2,1H3,(H,18,21). The number of carbonyl (C=O) groups excluding carboxylic acids is 1. The molecule has 2 aromatic rings. The van der Waals surface area contributed by atoms with Gasteiger partial charge in [-0.25, -0.2) is 5.43 Å². The average Bonchev–Trinajstić information content (AvgIpc) is 2.67. The number of nitro benzene ring substituents is 2. The largest absolute Gasteiger partial charge is 0.504 e. The zero-order valence-electron chi connectivity index (χ0n) is 14.4. The second-order valence-electron chi connectivity index (χ2n) is 5.15. The van der Waals surface area contributed by atoms with Crippen molar-refractivity contribution in [3.05, 3.63) is 62.2 Å². The van der Waals surface area contributed by atoms with Crippen molar-refractivity contribution in [3.8, 4) is 17.2 Å². The predicted molar refractivity (Wildman–Crippen MR) is 95.6 cm³/mol. The van der Waals surface area contributed by atoms with E-state index < -0.39 is 28.1 Å². The summed E-state index contributed by atoms with van der Waals surface area (Å²) < 4.78 is 9.93. The quantitative estimate of drug-likeness (QED) is 0.390. The van der Waals surface area contributed by atoms with Gasteiger partial charge >= 0.3 is 5.69 Å². The summed E-state index contributed by atoms with van der Waals surface area (Å²) in [4.78, 5) is 32.2. The van der Waals surface area contributed by atoms with Crippen molar-refractivity contribution in [2.24, 2.45) is 5.10 Å². The smallest absolute Gasteiger partial charge is 0.310 e. The summed E-state index contributed by atoms with van der Waals surface area (Å²) in [5, 5.41) is 35.3. The molecule has 0 saturated carbocycles. The van der Waals surface area contributed by atoms with Gasteiger partial charge in [0, 0.05) is 17.7 Å². The van der Waals surface area contributed by atoms with E-state index in [-0.39, 0.29) is 28.4 Å². The van der Waals surface area contributed by atoms with Gasteiger partial charge in [-0.1, -0.05) is 12.1 Å². The van der Waals surface area contributed by atoms with E-state index in [0.29, 0.717) is 0 Å². The first-order valence-corrected chi connectivity index (χ1v) is 7.57. The molecule has 146 valence electrons. The number of ether oxygens (including phenoxy) is 2. The number of nitrogens with zero attached hydrogens (tertiary/aromatic N) is 3. The number of benzene rings is 2. The van der Waals surface area contributed by atoms with Gasteiger partial charge in [-0.15, -0.1) is 0 Å². The molecule has 0 aliphatic rings. The van der Waals surface area contributed by atoms with Crippen LogP contribution in [0.4, 0.5) is 11.4 Å². The normalized spacial score (nSPS) is 10.5. The van der Waals surface area contributed by atoms with Gasteiger partial charge in [0.1, 0.15) is 0 Å². The number of non-ortho nitro benzene ring substituents is 1. The molecule has 12 heteroatoms. The van der Waals surface area contributed by atoms with Crippen molar-refractivity contribution in [1.82, 2.24) is 5.43 Å². The van der Waals surface area contributed by atoms with Crippen LogP contribution in [-0.2, 0) is 4.79 Å². The van der Waals surface area contributed by atoms with Crippen LogP contribution in [0.1, 0.15) is 5.56 Å². The number of rotatable bonds is 8. The SMILES string of the molecule is COc1cc([N+](=O)[O-])cc(C=NNC(=O)COc2ccccc2[N+](=O)[O-])c1O. The van der Waals surface area contributed by atoms with Crippen LogP contribution < -0.4 is 14.9 Å². The Morgan fingerprint density at radius 3 is 2.57 bits per heavy atom. The summed E-state index contributed by atoms with van der Waals surface area (Å²) in [6.45, 7) is -0.563. The Morgan fingerprint density at radius 1 is 1.21 bits per heavy atom. The first kappa shape index (κ1) is 20.1. The molecule has 0 aromatic heterocycles. The molecule has 2 rings (SSSR count). The fraction of sp³-hybridized carbons (Fsp3) is 0.125. The molecule has 0 aliphatic carbocycles. The molecule has 28 heavy (non-hydrogen) atoms. The number of para-hydroxylation sites is 2. The van der Waals surface area contributed by atoms with Crippen molar-refractivity contribution in [3.63, 3.8) is 0 Å². The van der Waals surface area contributed by atoms with Gasteiger partial charge in [-0.05, 0) is 6.07 Å². The number of aromatic hydroxyl groups is 1. The second-order valence-corrected chi connectivity index (χ2v) is 5.15. The summed E-state index contributed by atoms with van der Waals surface area (Å²) in [7, 11) is 1.22.